The number of halogens is 1. The van der Waals surface area contributed by atoms with E-state index < -0.39 is 0 Å². The number of anilines is 1. The minimum absolute atomic E-state index is 0.0548. The third-order valence-electron chi connectivity index (χ3n) is 2.55. The molecule has 3 N–H and O–H groups in total. The predicted octanol–water partition coefficient (Wildman–Crippen LogP) is 2.24. The first kappa shape index (κ1) is 16.0. The summed E-state index contributed by atoms with van der Waals surface area (Å²) in [6.07, 6.45) is 0. The summed E-state index contributed by atoms with van der Waals surface area (Å²) in [5.74, 6) is 0.526. The molecular weight excluding hydrogens is 306 g/mol. The molecule has 106 valence electrons. The largest absolute Gasteiger partial charge is 0.399 e. The van der Waals surface area contributed by atoms with Crippen molar-refractivity contribution in [2.45, 2.75) is 20.4 Å². The number of hydrogen-bond donors (Lipinski definition) is 2. The molecule has 0 aromatic heterocycles. The fourth-order valence-electron chi connectivity index (χ4n) is 1.75. The monoisotopic (exact) mass is 327 g/mol. The average Bonchev–Trinajstić information content (AvgIpc) is 2.24. The highest BCUT2D eigenvalue weighted by Gasteiger charge is 2.08. The zero-order valence-corrected chi connectivity index (χ0v) is 13.3. The molecule has 1 amide bonds. The minimum atomic E-state index is 0.0548. The second-order valence-corrected chi connectivity index (χ2v) is 6.18. The lowest BCUT2D eigenvalue weighted by atomic mass is 10.2. The van der Waals surface area contributed by atoms with Crippen molar-refractivity contribution in [3.63, 3.8) is 0 Å². The van der Waals surface area contributed by atoms with Gasteiger partial charge in [0.25, 0.3) is 0 Å². The number of hydrogen-bond acceptors (Lipinski definition) is 3. The molecule has 1 aromatic carbocycles. The SMILES string of the molecule is CC(C)CNC(=O)CN(C)Cc1cc(N)cc(Br)c1. The fourth-order valence-corrected chi connectivity index (χ4v) is 2.31. The van der Waals surface area contributed by atoms with Crippen LogP contribution in [0, 0.1) is 5.92 Å². The Kier molecular flexibility index (Phi) is 6.31. The van der Waals surface area contributed by atoms with Crippen LogP contribution in [0.1, 0.15) is 19.4 Å². The summed E-state index contributed by atoms with van der Waals surface area (Å²) >= 11 is 3.42. The van der Waals surface area contributed by atoms with Crippen molar-refractivity contribution in [3.05, 3.63) is 28.2 Å². The fraction of sp³-hybridized carbons (Fsp3) is 0.500. The van der Waals surface area contributed by atoms with E-state index in [4.69, 9.17) is 5.73 Å². The van der Waals surface area contributed by atoms with Gasteiger partial charge in [-0.2, -0.15) is 0 Å². The van der Waals surface area contributed by atoms with Gasteiger partial charge in [0.15, 0.2) is 0 Å². The number of rotatable bonds is 6. The highest BCUT2D eigenvalue weighted by Crippen LogP contribution is 2.18. The van der Waals surface area contributed by atoms with E-state index in [0.29, 0.717) is 19.0 Å². The molecule has 1 rings (SSSR count). The van der Waals surface area contributed by atoms with Crippen LogP contribution in [0.4, 0.5) is 5.69 Å². The summed E-state index contributed by atoms with van der Waals surface area (Å²) in [6, 6.07) is 5.80. The average molecular weight is 328 g/mol. The van der Waals surface area contributed by atoms with Crippen LogP contribution >= 0.6 is 15.9 Å². The lowest BCUT2D eigenvalue weighted by Gasteiger charge is -2.17. The third-order valence-corrected chi connectivity index (χ3v) is 3.01. The summed E-state index contributed by atoms with van der Waals surface area (Å²) < 4.78 is 0.958. The topological polar surface area (TPSA) is 58.4 Å². The molecule has 0 aliphatic heterocycles. The Morgan fingerprint density at radius 1 is 1.42 bits per heavy atom. The van der Waals surface area contributed by atoms with Crippen molar-refractivity contribution in [2.75, 3.05) is 25.9 Å². The molecule has 0 unspecified atom stereocenters. The van der Waals surface area contributed by atoms with E-state index in [0.717, 1.165) is 22.3 Å². The highest BCUT2D eigenvalue weighted by molar-refractivity contribution is 9.10. The van der Waals surface area contributed by atoms with Crippen LogP contribution in [0.5, 0.6) is 0 Å². The molecule has 4 nitrogen and oxygen atoms in total. The number of nitrogen functional groups attached to an aromatic ring is 1. The smallest absolute Gasteiger partial charge is 0.234 e. The van der Waals surface area contributed by atoms with E-state index in [9.17, 15) is 4.79 Å². The van der Waals surface area contributed by atoms with Crippen molar-refractivity contribution >= 4 is 27.5 Å². The Hall–Kier alpha value is -1.07. The van der Waals surface area contributed by atoms with Gasteiger partial charge in [0.1, 0.15) is 0 Å². The first-order valence-corrected chi connectivity index (χ1v) is 7.16. The van der Waals surface area contributed by atoms with Crippen molar-refractivity contribution in [1.29, 1.82) is 0 Å². The molecule has 0 aliphatic carbocycles. The lowest BCUT2D eigenvalue weighted by molar-refractivity contribution is -0.122. The molecule has 0 spiro atoms. The van der Waals surface area contributed by atoms with Gasteiger partial charge in [0, 0.05) is 23.2 Å². The Labute approximate surface area is 123 Å². The number of amides is 1. The van der Waals surface area contributed by atoms with E-state index in [2.05, 4.69) is 35.1 Å². The first-order valence-electron chi connectivity index (χ1n) is 6.37. The van der Waals surface area contributed by atoms with E-state index >= 15 is 0 Å². The summed E-state index contributed by atoms with van der Waals surface area (Å²) in [5, 5.41) is 2.91. The molecule has 19 heavy (non-hydrogen) atoms. The molecule has 0 radical (unpaired) electrons. The molecule has 0 atom stereocenters. The van der Waals surface area contributed by atoms with Gasteiger partial charge in [-0.1, -0.05) is 29.8 Å². The van der Waals surface area contributed by atoms with Crippen molar-refractivity contribution in [1.82, 2.24) is 10.2 Å². The summed E-state index contributed by atoms with van der Waals surface area (Å²) in [7, 11) is 1.92. The number of carbonyl (C=O) groups is 1. The molecule has 5 heteroatoms. The van der Waals surface area contributed by atoms with Crippen molar-refractivity contribution < 1.29 is 4.79 Å². The standard InChI is InChI=1S/C14H22BrN3O/c1-10(2)7-17-14(19)9-18(3)8-11-4-12(15)6-13(16)5-11/h4-6,10H,7-9,16H2,1-3H3,(H,17,19). The summed E-state index contributed by atoms with van der Waals surface area (Å²) in [4.78, 5) is 13.7. The second-order valence-electron chi connectivity index (χ2n) is 5.26. The zero-order valence-electron chi connectivity index (χ0n) is 11.7. The third kappa shape index (κ3) is 6.59. The molecular formula is C14H22BrN3O. The maximum Gasteiger partial charge on any atom is 0.234 e. The maximum absolute atomic E-state index is 11.7. The van der Waals surface area contributed by atoms with Gasteiger partial charge >= 0.3 is 0 Å². The van der Waals surface area contributed by atoms with Gasteiger partial charge in [-0.15, -0.1) is 0 Å². The Morgan fingerprint density at radius 2 is 2.11 bits per heavy atom. The Balaban J connectivity index is 2.46. The quantitative estimate of drug-likeness (QED) is 0.788. The van der Waals surface area contributed by atoms with Crippen LogP contribution in [-0.2, 0) is 11.3 Å². The number of carbonyl (C=O) groups excluding carboxylic acids is 1. The number of nitrogens with one attached hydrogen (secondary N) is 1. The molecule has 0 bridgehead atoms. The van der Waals surface area contributed by atoms with Crippen molar-refractivity contribution in [2.24, 2.45) is 5.92 Å². The zero-order chi connectivity index (χ0) is 14.4. The lowest BCUT2D eigenvalue weighted by Crippen LogP contribution is -2.36. The highest BCUT2D eigenvalue weighted by atomic mass is 79.9. The van der Waals surface area contributed by atoms with Gasteiger partial charge in [-0.3, -0.25) is 9.69 Å². The summed E-state index contributed by atoms with van der Waals surface area (Å²) in [5.41, 5.74) is 7.60. The Bertz CT molecular complexity index is 414. The second kappa shape index (κ2) is 7.50. The van der Waals surface area contributed by atoms with E-state index in [1.807, 2.05) is 30.1 Å². The van der Waals surface area contributed by atoms with Gasteiger partial charge in [-0.05, 0) is 36.7 Å². The Morgan fingerprint density at radius 3 is 2.68 bits per heavy atom. The molecule has 1 aromatic rings. The number of benzene rings is 1. The summed E-state index contributed by atoms with van der Waals surface area (Å²) in [6.45, 7) is 5.96. The van der Waals surface area contributed by atoms with Gasteiger partial charge in [0.05, 0.1) is 6.54 Å². The van der Waals surface area contributed by atoms with Crippen LogP contribution in [0.15, 0.2) is 22.7 Å². The predicted molar refractivity (Wildman–Crippen MR) is 82.7 cm³/mol. The van der Waals surface area contributed by atoms with Gasteiger partial charge in [-0.25, -0.2) is 0 Å². The maximum atomic E-state index is 11.7. The van der Waals surface area contributed by atoms with Crippen LogP contribution < -0.4 is 11.1 Å². The molecule has 0 saturated heterocycles. The van der Waals surface area contributed by atoms with Crippen LogP contribution in [0.3, 0.4) is 0 Å². The van der Waals surface area contributed by atoms with Crippen LogP contribution in [0.25, 0.3) is 0 Å². The molecule has 0 aliphatic rings. The molecule has 0 saturated carbocycles. The van der Waals surface area contributed by atoms with Crippen LogP contribution in [0.2, 0.25) is 0 Å². The van der Waals surface area contributed by atoms with E-state index in [-0.39, 0.29) is 5.91 Å². The van der Waals surface area contributed by atoms with Gasteiger partial charge < -0.3 is 11.1 Å². The number of likely N-dealkylation sites (N-methyl/N-ethyl adjacent to an activating group) is 1. The van der Waals surface area contributed by atoms with E-state index in [1.54, 1.807) is 0 Å². The van der Waals surface area contributed by atoms with Crippen LogP contribution in [-0.4, -0.2) is 30.9 Å². The van der Waals surface area contributed by atoms with Crippen molar-refractivity contribution in [3.8, 4) is 0 Å². The molecule has 0 heterocycles. The molecule has 0 fully saturated rings. The number of nitrogens with zero attached hydrogens (tertiary/aromatic N) is 1. The minimum Gasteiger partial charge on any atom is -0.399 e. The number of nitrogens with two attached hydrogens (primary N) is 1. The van der Waals surface area contributed by atoms with E-state index in [1.165, 1.54) is 0 Å². The first-order chi connectivity index (χ1) is 8.86. The normalized spacial score (nSPS) is 11.1. The van der Waals surface area contributed by atoms with Gasteiger partial charge in [0.2, 0.25) is 5.91 Å².